The van der Waals surface area contributed by atoms with E-state index >= 15 is 0 Å². The highest BCUT2D eigenvalue weighted by Gasteiger charge is 2.20. The first-order valence-electron chi connectivity index (χ1n) is 6.62. The lowest BCUT2D eigenvalue weighted by Crippen LogP contribution is -1.96. The number of hydrogen-bond acceptors (Lipinski definition) is 7. The van der Waals surface area contributed by atoms with E-state index < -0.39 is 4.92 Å². The molecule has 23 heavy (non-hydrogen) atoms. The van der Waals surface area contributed by atoms with Gasteiger partial charge < -0.3 is 4.74 Å². The predicted molar refractivity (Wildman–Crippen MR) is 80.8 cm³/mol. The molecule has 0 aliphatic heterocycles. The van der Waals surface area contributed by atoms with Gasteiger partial charge >= 0.3 is 0 Å². The number of hydrogen-bond donors (Lipinski definition) is 1. The van der Waals surface area contributed by atoms with Crippen molar-refractivity contribution in [2.75, 3.05) is 7.11 Å². The maximum absolute atomic E-state index is 11.2. The standard InChI is InChI=1S/C14H12N6O3/c1-8-3-11(9-4-10(23-2)7-15-6-9)12(5-13(8)20(21)22)14-16-18-19-17-14/h3-7H,1-2H3,(H,16,17,18,19). The fraction of sp³-hybridized carbons (Fsp3) is 0.143. The van der Waals surface area contributed by atoms with Crippen LogP contribution in [0, 0.1) is 17.0 Å². The van der Waals surface area contributed by atoms with Gasteiger partial charge in [0.25, 0.3) is 5.69 Å². The lowest BCUT2D eigenvalue weighted by molar-refractivity contribution is -0.385. The number of benzene rings is 1. The van der Waals surface area contributed by atoms with Gasteiger partial charge in [0.05, 0.1) is 18.2 Å². The highest BCUT2D eigenvalue weighted by atomic mass is 16.6. The van der Waals surface area contributed by atoms with Crippen molar-refractivity contribution in [1.82, 2.24) is 25.6 Å². The molecule has 9 heteroatoms. The van der Waals surface area contributed by atoms with Gasteiger partial charge in [-0.3, -0.25) is 15.1 Å². The van der Waals surface area contributed by atoms with Gasteiger partial charge in [-0.05, 0) is 29.8 Å². The molecule has 0 radical (unpaired) electrons. The number of nitrogens with one attached hydrogen (secondary N) is 1. The topological polar surface area (TPSA) is 120 Å². The van der Waals surface area contributed by atoms with Crippen molar-refractivity contribution in [2.24, 2.45) is 0 Å². The van der Waals surface area contributed by atoms with E-state index in [2.05, 4.69) is 25.6 Å². The van der Waals surface area contributed by atoms with Gasteiger partial charge in [-0.15, -0.1) is 10.2 Å². The lowest BCUT2D eigenvalue weighted by Gasteiger charge is -2.10. The summed E-state index contributed by atoms with van der Waals surface area (Å²) in [6.45, 7) is 1.68. The largest absolute Gasteiger partial charge is 0.495 e. The summed E-state index contributed by atoms with van der Waals surface area (Å²) in [7, 11) is 1.54. The van der Waals surface area contributed by atoms with Crippen LogP contribution in [0.5, 0.6) is 5.75 Å². The van der Waals surface area contributed by atoms with Crippen LogP contribution in [0.2, 0.25) is 0 Å². The Labute approximate surface area is 130 Å². The Morgan fingerprint density at radius 2 is 2.04 bits per heavy atom. The number of tetrazole rings is 1. The third-order valence-corrected chi connectivity index (χ3v) is 3.38. The predicted octanol–water partition coefficient (Wildman–Crippen LogP) is 2.15. The smallest absolute Gasteiger partial charge is 0.273 e. The third kappa shape index (κ3) is 2.71. The van der Waals surface area contributed by atoms with Gasteiger partial charge in [-0.25, -0.2) is 0 Å². The number of nitro benzene ring substituents is 1. The zero-order chi connectivity index (χ0) is 16.4. The Balaban J connectivity index is 2.26. The molecule has 0 spiro atoms. The Kier molecular flexibility index (Phi) is 3.67. The SMILES string of the molecule is COc1cncc(-c2cc(C)c([N+](=O)[O-])cc2-c2nn[nH]n2)c1. The monoisotopic (exact) mass is 312 g/mol. The Morgan fingerprint density at radius 3 is 2.70 bits per heavy atom. The number of aryl methyl sites for hydroxylation is 1. The van der Waals surface area contributed by atoms with E-state index in [1.54, 1.807) is 38.6 Å². The average molecular weight is 312 g/mol. The number of ether oxygens (including phenoxy) is 1. The summed E-state index contributed by atoms with van der Waals surface area (Å²) in [6, 6.07) is 4.94. The molecular weight excluding hydrogens is 300 g/mol. The van der Waals surface area contributed by atoms with Crippen LogP contribution < -0.4 is 4.74 Å². The summed E-state index contributed by atoms with van der Waals surface area (Å²) in [6.07, 6.45) is 3.22. The first-order chi connectivity index (χ1) is 11.1. The Hall–Kier alpha value is -3.36. The van der Waals surface area contributed by atoms with Crippen molar-refractivity contribution in [3.05, 3.63) is 46.3 Å². The minimum Gasteiger partial charge on any atom is -0.495 e. The van der Waals surface area contributed by atoms with E-state index in [1.165, 1.54) is 6.07 Å². The zero-order valence-corrected chi connectivity index (χ0v) is 12.3. The van der Waals surface area contributed by atoms with Crippen molar-refractivity contribution < 1.29 is 9.66 Å². The minimum atomic E-state index is -0.438. The first kappa shape index (κ1) is 14.6. The molecule has 116 valence electrons. The van der Waals surface area contributed by atoms with Crippen molar-refractivity contribution in [2.45, 2.75) is 6.92 Å². The lowest BCUT2D eigenvalue weighted by atomic mass is 9.97. The van der Waals surface area contributed by atoms with Crippen molar-refractivity contribution in [1.29, 1.82) is 0 Å². The summed E-state index contributed by atoms with van der Waals surface area (Å²) >= 11 is 0. The van der Waals surface area contributed by atoms with Crippen LogP contribution in [-0.2, 0) is 0 Å². The van der Waals surface area contributed by atoms with Crippen molar-refractivity contribution in [3.63, 3.8) is 0 Å². The fourth-order valence-corrected chi connectivity index (χ4v) is 2.27. The second kappa shape index (κ2) is 5.79. The van der Waals surface area contributed by atoms with Gasteiger partial charge in [-0.1, -0.05) is 0 Å². The third-order valence-electron chi connectivity index (χ3n) is 3.38. The number of H-pyrrole nitrogens is 1. The van der Waals surface area contributed by atoms with E-state index in [4.69, 9.17) is 4.74 Å². The number of methoxy groups -OCH3 is 1. The number of nitro groups is 1. The van der Waals surface area contributed by atoms with E-state index in [1.807, 2.05) is 0 Å². The second-order valence-electron chi connectivity index (χ2n) is 4.79. The molecule has 3 aromatic rings. The summed E-state index contributed by atoms with van der Waals surface area (Å²) < 4.78 is 5.18. The Morgan fingerprint density at radius 1 is 1.22 bits per heavy atom. The average Bonchev–Trinajstić information content (AvgIpc) is 3.08. The molecule has 0 aliphatic rings. The van der Waals surface area contributed by atoms with Crippen LogP contribution in [0.4, 0.5) is 5.69 Å². The van der Waals surface area contributed by atoms with Crippen LogP contribution in [0.15, 0.2) is 30.6 Å². The molecule has 0 atom stereocenters. The molecule has 1 aromatic carbocycles. The number of aromatic amines is 1. The minimum absolute atomic E-state index is 0.00981. The normalized spacial score (nSPS) is 10.5. The molecule has 0 saturated heterocycles. The van der Waals surface area contributed by atoms with Crippen molar-refractivity contribution in [3.8, 4) is 28.3 Å². The highest BCUT2D eigenvalue weighted by molar-refractivity contribution is 5.83. The molecule has 0 aliphatic carbocycles. The van der Waals surface area contributed by atoms with E-state index in [9.17, 15) is 10.1 Å². The van der Waals surface area contributed by atoms with Crippen LogP contribution in [-0.4, -0.2) is 37.6 Å². The molecule has 1 N–H and O–H groups in total. The first-order valence-corrected chi connectivity index (χ1v) is 6.62. The Bertz CT molecular complexity index is 863. The molecule has 2 aromatic heterocycles. The van der Waals surface area contributed by atoms with Crippen LogP contribution in [0.25, 0.3) is 22.5 Å². The summed E-state index contributed by atoms with van der Waals surface area (Å²) in [5, 5.41) is 24.9. The van der Waals surface area contributed by atoms with Gasteiger partial charge in [0, 0.05) is 29.0 Å². The van der Waals surface area contributed by atoms with E-state index in [0.717, 1.165) is 5.56 Å². The molecule has 0 bridgehead atoms. The van der Waals surface area contributed by atoms with Crippen molar-refractivity contribution >= 4 is 5.69 Å². The fourth-order valence-electron chi connectivity index (χ4n) is 2.27. The number of aromatic nitrogens is 5. The molecule has 0 amide bonds. The molecule has 9 nitrogen and oxygen atoms in total. The molecule has 2 heterocycles. The summed E-state index contributed by atoms with van der Waals surface area (Å²) in [5.41, 5.74) is 2.46. The molecule has 0 saturated carbocycles. The number of nitrogens with zero attached hydrogens (tertiary/aromatic N) is 5. The van der Waals surface area contributed by atoms with Gasteiger partial charge in [0.2, 0.25) is 5.82 Å². The summed E-state index contributed by atoms with van der Waals surface area (Å²) in [4.78, 5) is 14.9. The molecule has 0 fully saturated rings. The van der Waals surface area contributed by atoms with Crippen LogP contribution in [0.3, 0.4) is 0 Å². The van der Waals surface area contributed by atoms with Gasteiger partial charge in [-0.2, -0.15) is 5.21 Å². The number of rotatable bonds is 4. The number of pyridine rings is 1. The molecule has 3 rings (SSSR count). The maximum atomic E-state index is 11.2. The molecule has 0 unspecified atom stereocenters. The highest BCUT2D eigenvalue weighted by Crippen LogP contribution is 2.36. The van der Waals surface area contributed by atoms with E-state index in [0.29, 0.717) is 22.4 Å². The van der Waals surface area contributed by atoms with Gasteiger partial charge in [0.15, 0.2) is 0 Å². The zero-order valence-electron chi connectivity index (χ0n) is 12.3. The van der Waals surface area contributed by atoms with Crippen LogP contribution in [0.1, 0.15) is 5.56 Å². The quantitative estimate of drug-likeness (QED) is 0.579. The van der Waals surface area contributed by atoms with Crippen LogP contribution >= 0.6 is 0 Å². The van der Waals surface area contributed by atoms with E-state index in [-0.39, 0.29) is 11.5 Å². The van der Waals surface area contributed by atoms with Gasteiger partial charge in [0.1, 0.15) is 5.75 Å². The molecular formula is C14H12N6O3. The summed E-state index contributed by atoms with van der Waals surface area (Å²) in [5.74, 6) is 0.850. The second-order valence-corrected chi connectivity index (χ2v) is 4.79. The maximum Gasteiger partial charge on any atom is 0.273 e.